The Morgan fingerprint density at radius 3 is 1.96 bits per heavy atom. The Balaban J connectivity index is 2.52. The van der Waals surface area contributed by atoms with Gasteiger partial charge in [-0.1, -0.05) is 54.6 Å². The van der Waals surface area contributed by atoms with Crippen LogP contribution < -0.4 is 0 Å². The predicted octanol–water partition coefficient (Wildman–Crippen LogP) is 4.26. The number of ketones is 1. The van der Waals surface area contributed by atoms with Gasteiger partial charge in [-0.3, -0.25) is 9.00 Å². The molecule has 0 radical (unpaired) electrons. The smallest absolute Gasteiger partial charge is 0.288 e. The Labute approximate surface area is 140 Å². The second-order valence-corrected chi connectivity index (χ2v) is 6.64. The second kappa shape index (κ2) is 7.57. The van der Waals surface area contributed by atoms with Gasteiger partial charge in [0.25, 0.3) is 5.78 Å². The fraction of sp³-hybridized carbons (Fsp3) is 0.167. The average molecular weight is 352 g/mol. The Hall–Kier alpha value is -2.21. The zero-order chi connectivity index (χ0) is 17.7. The van der Waals surface area contributed by atoms with Crippen LogP contribution in [-0.2, 0) is 15.6 Å². The molecule has 3 atom stereocenters. The van der Waals surface area contributed by atoms with Crippen molar-refractivity contribution < 1.29 is 22.2 Å². The number of benzene rings is 2. The van der Waals surface area contributed by atoms with Crippen molar-refractivity contribution in [3.63, 3.8) is 0 Å². The molecule has 24 heavy (non-hydrogen) atoms. The van der Waals surface area contributed by atoms with E-state index in [1.165, 1.54) is 18.2 Å². The maximum Gasteiger partial charge on any atom is 0.451 e. The summed E-state index contributed by atoms with van der Waals surface area (Å²) < 4.78 is 52.0. The largest absolute Gasteiger partial charge is 0.451 e. The van der Waals surface area contributed by atoms with Crippen molar-refractivity contribution in [2.75, 3.05) is 0 Å². The van der Waals surface area contributed by atoms with Gasteiger partial charge in [-0.2, -0.15) is 13.2 Å². The van der Waals surface area contributed by atoms with Crippen LogP contribution in [0.3, 0.4) is 0 Å². The van der Waals surface area contributed by atoms with E-state index in [0.717, 1.165) is 0 Å². The zero-order valence-corrected chi connectivity index (χ0v) is 13.4. The summed E-state index contributed by atoms with van der Waals surface area (Å²) in [5, 5.41) is -1.78. The number of Topliss-reactive ketones (excluding diaryl/α,β-unsaturated/α-hetero) is 1. The van der Waals surface area contributed by atoms with Gasteiger partial charge < -0.3 is 0 Å². The molecule has 0 aromatic heterocycles. The van der Waals surface area contributed by atoms with Gasteiger partial charge in [0.15, 0.2) is 0 Å². The van der Waals surface area contributed by atoms with E-state index in [-0.39, 0.29) is 4.90 Å². The molecule has 0 aliphatic rings. The van der Waals surface area contributed by atoms with E-state index in [2.05, 4.69) is 6.58 Å². The van der Waals surface area contributed by atoms with Gasteiger partial charge in [0.2, 0.25) is 0 Å². The van der Waals surface area contributed by atoms with E-state index in [9.17, 15) is 22.2 Å². The number of hydrogen-bond acceptors (Lipinski definition) is 2. The molecule has 2 aromatic rings. The topological polar surface area (TPSA) is 34.1 Å². The molecule has 0 bridgehead atoms. The number of alkyl halides is 3. The third-order valence-electron chi connectivity index (χ3n) is 3.51. The number of hydrogen-bond donors (Lipinski definition) is 0. The first-order valence-corrected chi connectivity index (χ1v) is 8.31. The molecule has 2 aromatic carbocycles. The summed E-state index contributed by atoms with van der Waals surface area (Å²) in [6.07, 6.45) is -3.84. The van der Waals surface area contributed by atoms with E-state index < -0.39 is 33.9 Å². The molecule has 2 rings (SSSR count). The first-order valence-electron chi connectivity index (χ1n) is 7.10. The monoisotopic (exact) mass is 352 g/mol. The van der Waals surface area contributed by atoms with Crippen LogP contribution in [0.2, 0.25) is 0 Å². The normalized spacial score (nSPS) is 15.3. The van der Waals surface area contributed by atoms with E-state index >= 15 is 0 Å². The van der Waals surface area contributed by atoms with Crippen molar-refractivity contribution in [1.29, 1.82) is 0 Å². The van der Waals surface area contributed by atoms with Gasteiger partial charge in [-0.15, -0.1) is 6.58 Å². The van der Waals surface area contributed by atoms with Gasteiger partial charge in [0.1, 0.15) is 5.25 Å². The van der Waals surface area contributed by atoms with Crippen molar-refractivity contribution in [3.05, 3.63) is 78.9 Å². The van der Waals surface area contributed by atoms with E-state index in [1.54, 1.807) is 48.5 Å². The first-order chi connectivity index (χ1) is 11.4. The summed E-state index contributed by atoms with van der Waals surface area (Å²) >= 11 is 0. The van der Waals surface area contributed by atoms with Crippen LogP contribution in [0.4, 0.5) is 13.2 Å². The summed E-state index contributed by atoms with van der Waals surface area (Å²) in [7, 11) is -2.17. The van der Waals surface area contributed by atoms with Gasteiger partial charge in [0.05, 0.1) is 10.8 Å². The Morgan fingerprint density at radius 1 is 1.00 bits per heavy atom. The van der Waals surface area contributed by atoms with Gasteiger partial charge in [-0.05, 0) is 17.7 Å². The molecule has 0 aliphatic carbocycles. The molecule has 1 unspecified atom stereocenters. The highest BCUT2D eigenvalue weighted by Gasteiger charge is 2.48. The SMILES string of the molecule is C=C[C@H](c1ccccc1)[C@H](C(=O)C(F)(F)F)S(=O)c1ccccc1. The highest BCUT2D eigenvalue weighted by atomic mass is 32.2. The summed E-state index contributed by atoms with van der Waals surface area (Å²) in [5.41, 5.74) is 0.458. The van der Waals surface area contributed by atoms with Gasteiger partial charge >= 0.3 is 6.18 Å². The molecule has 0 saturated carbocycles. The molecule has 0 N–H and O–H groups in total. The van der Waals surface area contributed by atoms with E-state index in [0.29, 0.717) is 5.56 Å². The second-order valence-electron chi connectivity index (χ2n) is 5.07. The van der Waals surface area contributed by atoms with E-state index in [1.807, 2.05) is 0 Å². The number of carbonyl (C=O) groups is 1. The minimum absolute atomic E-state index is 0.169. The van der Waals surface area contributed by atoms with Gasteiger partial charge in [0, 0.05) is 10.8 Å². The van der Waals surface area contributed by atoms with Crippen molar-refractivity contribution >= 4 is 16.6 Å². The molecule has 0 spiro atoms. The number of rotatable bonds is 6. The molecule has 0 aliphatic heterocycles. The molecular weight excluding hydrogens is 337 g/mol. The van der Waals surface area contributed by atoms with Crippen molar-refractivity contribution in [3.8, 4) is 0 Å². The lowest BCUT2D eigenvalue weighted by Gasteiger charge is -2.24. The summed E-state index contributed by atoms with van der Waals surface area (Å²) in [4.78, 5) is 12.2. The lowest BCUT2D eigenvalue weighted by Crippen LogP contribution is -2.41. The van der Waals surface area contributed by atoms with Crippen LogP contribution >= 0.6 is 0 Å². The number of carbonyl (C=O) groups excluding carboxylic acids is 1. The quantitative estimate of drug-likeness (QED) is 0.728. The molecule has 0 saturated heterocycles. The van der Waals surface area contributed by atoms with Crippen LogP contribution in [0.1, 0.15) is 11.5 Å². The maximum atomic E-state index is 13.1. The average Bonchev–Trinajstić information content (AvgIpc) is 2.59. The van der Waals surface area contributed by atoms with Crippen molar-refractivity contribution in [2.45, 2.75) is 22.2 Å². The minimum Gasteiger partial charge on any atom is -0.288 e. The Kier molecular flexibility index (Phi) is 5.72. The first kappa shape index (κ1) is 18.1. The number of halogens is 3. The van der Waals surface area contributed by atoms with Crippen molar-refractivity contribution in [2.24, 2.45) is 0 Å². The molecule has 0 amide bonds. The molecular formula is C18H15F3O2S. The zero-order valence-electron chi connectivity index (χ0n) is 12.6. The fourth-order valence-electron chi connectivity index (χ4n) is 2.37. The van der Waals surface area contributed by atoms with Crippen molar-refractivity contribution in [1.82, 2.24) is 0 Å². The summed E-state index contributed by atoms with van der Waals surface area (Å²) in [6, 6.07) is 15.8. The highest BCUT2D eigenvalue weighted by molar-refractivity contribution is 7.86. The minimum atomic E-state index is -5.08. The predicted molar refractivity (Wildman–Crippen MR) is 87.1 cm³/mol. The highest BCUT2D eigenvalue weighted by Crippen LogP contribution is 2.33. The molecule has 126 valence electrons. The molecule has 2 nitrogen and oxygen atoms in total. The standard InChI is InChI=1S/C18H15F3O2S/c1-2-15(13-9-5-3-6-10-13)16(17(22)18(19,20)21)24(23)14-11-7-4-8-12-14/h2-12,15-16H,1H2/t15-,16-,24?/m1/s1. The maximum absolute atomic E-state index is 13.1. The summed E-state index contributed by atoms with van der Waals surface area (Å²) in [5.74, 6) is -3.03. The van der Waals surface area contributed by atoms with Crippen LogP contribution in [-0.4, -0.2) is 21.4 Å². The molecule has 0 fully saturated rings. The van der Waals surface area contributed by atoms with Crippen LogP contribution in [0.5, 0.6) is 0 Å². The Morgan fingerprint density at radius 2 is 1.50 bits per heavy atom. The van der Waals surface area contributed by atoms with Crippen LogP contribution in [0.25, 0.3) is 0 Å². The van der Waals surface area contributed by atoms with Crippen LogP contribution in [0.15, 0.2) is 78.2 Å². The third-order valence-corrected chi connectivity index (χ3v) is 5.21. The van der Waals surface area contributed by atoms with E-state index in [4.69, 9.17) is 0 Å². The summed E-state index contributed by atoms with van der Waals surface area (Å²) in [6.45, 7) is 3.54. The van der Waals surface area contributed by atoms with Crippen LogP contribution in [0, 0.1) is 0 Å². The number of allylic oxidation sites excluding steroid dienone is 1. The van der Waals surface area contributed by atoms with Gasteiger partial charge in [-0.25, -0.2) is 0 Å². The lowest BCUT2D eigenvalue weighted by atomic mass is 9.93. The lowest BCUT2D eigenvalue weighted by molar-refractivity contribution is -0.170. The Bertz CT molecular complexity index is 727. The fourth-order valence-corrected chi connectivity index (χ4v) is 3.95. The molecule has 0 heterocycles. The third kappa shape index (κ3) is 4.00. The molecule has 6 heteroatoms.